The van der Waals surface area contributed by atoms with Gasteiger partial charge >= 0.3 is 0 Å². The maximum Gasteiger partial charge on any atom is 0.224 e. The first-order chi connectivity index (χ1) is 7.58. The fraction of sp³-hybridized carbons (Fsp3) is 0.500. The highest BCUT2D eigenvalue weighted by Crippen LogP contribution is 2.10. The van der Waals surface area contributed by atoms with E-state index >= 15 is 0 Å². The zero-order chi connectivity index (χ0) is 12.0. The molecule has 16 heavy (non-hydrogen) atoms. The molecule has 1 heterocycles. The summed E-state index contributed by atoms with van der Waals surface area (Å²) in [6, 6.07) is 3.42. The number of hydrogen-bond acceptors (Lipinski definition) is 3. The lowest BCUT2D eigenvalue weighted by atomic mass is 10.1. The van der Waals surface area contributed by atoms with Crippen molar-refractivity contribution >= 4 is 17.4 Å². The van der Waals surface area contributed by atoms with Crippen molar-refractivity contribution in [3.8, 4) is 0 Å². The molecule has 1 rings (SSSR count). The largest absolute Gasteiger partial charge is 0.384 e. The maximum atomic E-state index is 11.5. The van der Waals surface area contributed by atoms with E-state index in [-0.39, 0.29) is 5.91 Å². The zero-order valence-electron chi connectivity index (χ0n) is 9.86. The molecular formula is C12H19N3O. The van der Waals surface area contributed by atoms with Crippen molar-refractivity contribution in [2.45, 2.75) is 33.1 Å². The van der Waals surface area contributed by atoms with Crippen LogP contribution in [0.5, 0.6) is 0 Å². The van der Waals surface area contributed by atoms with E-state index in [1.165, 1.54) is 0 Å². The second-order valence-electron chi connectivity index (χ2n) is 4.31. The molecule has 0 spiro atoms. The third-order valence-electron chi connectivity index (χ3n) is 2.26. The molecule has 0 saturated carbocycles. The van der Waals surface area contributed by atoms with Gasteiger partial charge in [-0.2, -0.15) is 0 Å². The lowest BCUT2D eigenvalue weighted by Gasteiger charge is -2.06. The van der Waals surface area contributed by atoms with Crippen LogP contribution < -0.4 is 11.1 Å². The Morgan fingerprint density at radius 2 is 2.25 bits per heavy atom. The minimum atomic E-state index is 0.0345. The van der Waals surface area contributed by atoms with Crippen LogP contribution in [0.2, 0.25) is 0 Å². The number of rotatable bonds is 5. The first kappa shape index (κ1) is 12.5. The van der Waals surface area contributed by atoms with Gasteiger partial charge in [0.15, 0.2) is 0 Å². The molecule has 0 fully saturated rings. The molecule has 4 nitrogen and oxygen atoms in total. The van der Waals surface area contributed by atoms with E-state index in [4.69, 9.17) is 5.73 Å². The SMILES string of the molecule is CC(C)CCCC(=O)Nc1ccc(N)nc1. The molecule has 0 aromatic carbocycles. The number of hydrogen-bond donors (Lipinski definition) is 2. The Morgan fingerprint density at radius 3 is 2.81 bits per heavy atom. The van der Waals surface area contributed by atoms with Crippen LogP contribution >= 0.6 is 0 Å². The summed E-state index contributed by atoms with van der Waals surface area (Å²) in [5, 5.41) is 2.79. The van der Waals surface area contributed by atoms with E-state index < -0.39 is 0 Å². The van der Waals surface area contributed by atoms with E-state index in [9.17, 15) is 4.79 Å². The number of nitrogens with zero attached hydrogens (tertiary/aromatic N) is 1. The second kappa shape index (κ2) is 6.10. The van der Waals surface area contributed by atoms with Gasteiger partial charge in [0.1, 0.15) is 5.82 Å². The lowest BCUT2D eigenvalue weighted by Crippen LogP contribution is -2.11. The van der Waals surface area contributed by atoms with Gasteiger partial charge in [-0.3, -0.25) is 4.79 Å². The Hall–Kier alpha value is -1.58. The van der Waals surface area contributed by atoms with Gasteiger partial charge in [-0.15, -0.1) is 0 Å². The van der Waals surface area contributed by atoms with Crippen LogP contribution in [-0.4, -0.2) is 10.9 Å². The van der Waals surface area contributed by atoms with Gasteiger partial charge in [0.25, 0.3) is 0 Å². The second-order valence-corrected chi connectivity index (χ2v) is 4.31. The van der Waals surface area contributed by atoms with Gasteiger partial charge in [-0.25, -0.2) is 4.98 Å². The molecule has 1 aromatic rings. The van der Waals surface area contributed by atoms with Crippen molar-refractivity contribution in [3.05, 3.63) is 18.3 Å². The molecule has 0 aliphatic heterocycles. The van der Waals surface area contributed by atoms with E-state index in [2.05, 4.69) is 24.1 Å². The highest BCUT2D eigenvalue weighted by molar-refractivity contribution is 5.90. The Bertz CT molecular complexity index is 333. The highest BCUT2D eigenvalue weighted by Gasteiger charge is 2.03. The molecule has 4 heteroatoms. The number of pyridine rings is 1. The number of amides is 1. The van der Waals surface area contributed by atoms with Gasteiger partial charge in [0, 0.05) is 6.42 Å². The maximum absolute atomic E-state index is 11.5. The number of nitrogens with one attached hydrogen (secondary N) is 1. The topological polar surface area (TPSA) is 68.0 Å². The molecule has 1 amide bonds. The van der Waals surface area contributed by atoms with Crippen molar-refractivity contribution in [2.24, 2.45) is 5.92 Å². The van der Waals surface area contributed by atoms with Gasteiger partial charge in [0.05, 0.1) is 11.9 Å². The lowest BCUT2D eigenvalue weighted by molar-refractivity contribution is -0.116. The average molecular weight is 221 g/mol. The first-order valence-electron chi connectivity index (χ1n) is 5.59. The first-order valence-corrected chi connectivity index (χ1v) is 5.59. The van der Waals surface area contributed by atoms with Crippen molar-refractivity contribution in [3.63, 3.8) is 0 Å². The molecular weight excluding hydrogens is 202 g/mol. The van der Waals surface area contributed by atoms with Crippen LogP contribution in [0.3, 0.4) is 0 Å². The predicted octanol–water partition coefficient (Wildman–Crippen LogP) is 2.43. The summed E-state index contributed by atoms with van der Waals surface area (Å²) < 4.78 is 0. The quantitative estimate of drug-likeness (QED) is 0.802. The fourth-order valence-corrected chi connectivity index (χ4v) is 1.37. The van der Waals surface area contributed by atoms with Crippen molar-refractivity contribution < 1.29 is 4.79 Å². The smallest absolute Gasteiger partial charge is 0.224 e. The van der Waals surface area contributed by atoms with Crippen LogP contribution in [0.1, 0.15) is 33.1 Å². The Balaban J connectivity index is 2.31. The third kappa shape index (κ3) is 4.77. The number of nitrogens with two attached hydrogens (primary N) is 1. The molecule has 0 aliphatic carbocycles. The van der Waals surface area contributed by atoms with E-state index in [0.717, 1.165) is 12.8 Å². The minimum absolute atomic E-state index is 0.0345. The number of anilines is 2. The summed E-state index contributed by atoms with van der Waals surface area (Å²) in [6.07, 6.45) is 4.12. The fourth-order valence-electron chi connectivity index (χ4n) is 1.37. The number of carbonyl (C=O) groups is 1. The minimum Gasteiger partial charge on any atom is -0.384 e. The summed E-state index contributed by atoms with van der Waals surface area (Å²) >= 11 is 0. The molecule has 0 saturated heterocycles. The summed E-state index contributed by atoms with van der Waals surface area (Å²) in [6.45, 7) is 4.31. The Labute approximate surface area is 96.3 Å². The summed E-state index contributed by atoms with van der Waals surface area (Å²) in [5.41, 5.74) is 6.15. The van der Waals surface area contributed by atoms with Gasteiger partial charge in [-0.1, -0.05) is 20.3 Å². The normalized spacial score (nSPS) is 10.4. The van der Waals surface area contributed by atoms with E-state index in [1.54, 1.807) is 18.3 Å². The summed E-state index contributed by atoms with van der Waals surface area (Å²) in [5.74, 6) is 1.14. The molecule has 0 unspecified atom stereocenters. The van der Waals surface area contributed by atoms with Crippen molar-refractivity contribution in [2.75, 3.05) is 11.1 Å². The number of aromatic nitrogens is 1. The monoisotopic (exact) mass is 221 g/mol. The predicted molar refractivity (Wildman–Crippen MR) is 66.0 cm³/mol. The van der Waals surface area contributed by atoms with Crippen LogP contribution in [0.25, 0.3) is 0 Å². The number of nitrogen functional groups attached to an aromatic ring is 1. The zero-order valence-corrected chi connectivity index (χ0v) is 9.86. The number of carbonyl (C=O) groups excluding carboxylic acids is 1. The van der Waals surface area contributed by atoms with Crippen LogP contribution in [0.4, 0.5) is 11.5 Å². The standard InChI is InChI=1S/C12H19N3O/c1-9(2)4-3-5-12(16)15-10-6-7-11(13)14-8-10/h6-9H,3-5H2,1-2H3,(H2,13,14)(H,15,16). The van der Waals surface area contributed by atoms with E-state index in [0.29, 0.717) is 23.8 Å². The molecule has 88 valence electrons. The van der Waals surface area contributed by atoms with Gasteiger partial charge in [-0.05, 0) is 24.5 Å². The summed E-state index contributed by atoms with van der Waals surface area (Å²) in [4.78, 5) is 15.4. The molecule has 3 N–H and O–H groups in total. The van der Waals surface area contributed by atoms with Gasteiger partial charge in [0.2, 0.25) is 5.91 Å². The average Bonchev–Trinajstić information content (AvgIpc) is 2.21. The van der Waals surface area contributed by atoms with Crippen LogP contribution in [-0.2, 0) is 4.79 Å². The van der Waals surface area contributed by atoms with Gasteiger partial charge < -0.3 is 11.1 Å². The van der Waals surface area contributed by atoms with E-state index in [1.807, 2.05) is 0 Å². The molecule has 0 bridgehead atoms. The molecule has 0 radical (unpaired) electrons. The van der Waals surface area contributed by atoms with Crippen molar-refractivity contribution in [1.82, 2.24) is 4.98 Å². The Morgan fingerprint density at radius 1 is 1.50 bits per heavy atom. The molecule has 0 aliphatic rings. The van der Waals surface area contributed by atoms with Crippen molar-refractivity contribution in [1.29, 1.82) is 0 Å². The third-order valence-corrected chi connectivity index (χ3v) is 2.26. The Kier molecular flexibility index (Phi) is 4.76. The molecule has 1 aromatic heterocycles. The van der Waals surface area contributed by atoms with Crippen LogP contribution in [0.15, 0.2) is 18.3 Å². The molecule has 0 atom stereocenters. The highest BCUT2D eigenvalue weighted by atomic mass is 16.1. The van der Waals surface area contributed by atoms with Crippen LogP contribution in [0, 0.1) is 5.92 Å². The summed E-state index contributed by atoms with van der Waals surface area (Å²) in [7, 11) is 0.